The Balaban J connectivity index is 1.15. The highest BCUT2D eigenvalue weighted by Gasteiger charge is 2.25. The summed E-state index contributed by atoms with van der Waals surface area (Å²) in [6.07, 6.45) is 11.6. The summed E-state index contributed by atoms with van der Waals surface area (Å²) in [5.74, 6) is 0.716. The van der Waals surface area contributed by atoms with Crippen LogP contribution in [0.15, 0.2) is 55.0 Å². The van der Waals surface area contributed by atoms with Crippen molar-refractivity contribution >= 4 is 11.6 Å². The number of β-amino-alcohol motifs (C(OH)–C–C–N with tert-alkyl or cyclic N) is 1. The van der Waals surface area contributed by atoms with Gasteiger partial charge in [0.25, 0.3) is 5.91 Å². The van der Waals surface area contributed by atoms with Crippen LogP contribution in [0, 0.1) is 0 Å². The molecule has 1 amide bonds. The van der Waals surface area contributed by atoms with Gasteiger partial charge in [-0.2, -0.15) is 0 Å². The summed E-state index contributed by atoms with van der Waals surface area (Å²) in [4.78, 5) is 21.5. The lowest BCUT2D eigenvalue weighted by molar-refractivity contribution is 0.0528. The number of carbonyl (C=O) groups excluding carboxylic acids is 1. The molecule has 2 aromatic heterocycles. The van der Waals surface area contributed by atoms with E-state index in [1.165, 1.54) is 37.7 Å². The van der Waals surface area contributed by atoms with E-state index in [1.54, 1.807) is 6.20 Å². The van der Waals surface area contributed by atoms with Gasteiger partial charge >= 0.3 is 0 Å². The third kappa shape index (κ3) is 4.43. The Morgan fingerprint density at radius 3 is 2.50 bits per heavy atom. The van der Waals surface area contributed by atoms with E-state index in [4.69, 9.17) is 0 Å². The highest BCUT2D eigenvalue weighted by atomic mass is 16.3. The molecule has 3 aromatic rings. The van der Waals surface area contributed by atoms with Crippen molar-refractivity contribution in [1.82, 2.24) is 19.2 Å². The van der Waals surface area contributed by atoms with Gasteiger partial charge in [-0.25, -0.2) is 4.98 Å². The monoisotopic (exact) mass is 432 g/mol. The van der Waals surface area contributed by atoms with E-state index >= 15 is 0 Å². The number of hydrogen-bond acceptors (Lipinski definition) is 4. The largest absolute Gasteiger partial charge is 0.387 e. The molecule has 1 aliphatic carbocycles. The van der Waals surface area contributed by atoms with Gasteiger partial charge in [-0.05, 0) is 42.0 Å². The van der Waals surface area contributed by atoms with Crippen LogP contribution >= 0.6 is 0 Å². The second-order valence-electron chi connectivity index (χ2n) is 9.19. The number of piperazine rings is 1. The molecule has 0 radical (unpaired) electrons. The molecule has 1 unspecified atom stereocenters. The predicted molar refractivity (Wildman–Crippen MR) is 125 cm³/mol. The standard InChI is InChI=1S/C26H32N4O2/c31-24(22-10-8-21(9-11-22)20-5-2-1-3-6-20)19-28-15-17-30(18-16-28)26(32)23-7-4-13-29-14-12-27-25(23)29/h4,7-14,20,24,31H,1-3,5-6,15-19H2. The molecule has 0 spiro atoms. The van der Waals surface area contributed by atoms with Gasteiger partial charge in [0.2, 0.25) is 0 Å². The fourth-order valence-corrected chi connectivity index (χ4v) is 5.20. The van der Waals surface area contributed by atoms with E-state index in [0.29, 0.717) is 36.8 Å². The summed E-state index contributed by atoms with van der Waals surface area (Å²) in [6, 6.07) is 12.3. The summed E-state index contributed by atoms with van der Waals surface area (Å²) >= 11 is 0. The SMILES string of the molecule is O=C(c1cccn2ccnc12)N1CCN(CC(O)c2ccc(C3CCCCC3)cc2)CC1. The van der Waals surface area contributed by atoms with Crippen LogP contribution in [0.5, 0.6) is 0 Å². The lowest BCUT2D eigenvalue weighted by Gasteiger charge is -2.35. The minimum Gasteiger partial charge on any atom is -0.387 e. The second-order valence-corrected chi connectivity index (χ2v) is 9.19. The summed E-state index contributed by atoms with van der Waals surface area (Å²) in [5, 5.41) is 10.8. The summed E-state index contributed by atoms with van der Waals surface area (Å²) in [6.45, 7) is 3.45. The summed E-state index contributed by atoms with van der Waals surface area (Å²) < 4.78 is 1.87. The van der Waals surface area contributed by atoms with Crippen molar-refractivity contribution in [3.05, 3.63) is 71.7 Å². The predicted octanol–water partition coefficient (Wildman–Crippen LogP) is 3.87. The number of benzene rings is 1. The average Bonchev–Trinajstić information content (AvgIpc) is 3.34. The van der Waals surface area contributed by atoms with Crippen molar-refractivity contribution in [3.8, 4) is 0 Å². The van der Waals surface area contributed by atoms with Gasteiger partial charge in [-0.1, -0.05) is 43.5 Å². The lowest BCUT2D eigenvalue weighted by atomic mass is 9.84. The summed E-state index contributed by atoms with van der Waals surface area (Å²) in [5.41, 5.74) is 3.74. The zero-order chi connectivity index (χ0) is 21.9. The second kappa shape index (κ2) is 9.43. The number of nitrogens with zero attached hydrogens (tertiary/aromatic N) is 4. The minimum absolute atomic E-state index is 0.0281. The molecule has 168 valence electrons. The number of aromatic nitrogens is 2. The zero-order valence-electron chi connectivity index (χ0n) is 18.6. The number of aliphatic hydroxyl groups is 1. The van der Waals surface area contributed by atoms with E-state index in [9.17, 15) is 9.90 Å². The molecule has 1 aromatic carbocycles. The first-order chi connectivity index (χ1) is 15.7. The number of imidazole rings is 1. The molecule has 1 atom stereocenters. The number of amides is 1. The van der Waals surface area contributed by atoms with Crippen LogP contribution in [0.3, 0.4) is 0 Å². The highest BCUT2D eigenvalue weighted by Crippen LogP contribution is 2.33. The highest BCUT2D eigenvalue weighted by molar-refractivity contribution is 5.99. The molecule has 0 bridgehead atoms. The number of hydrogen-bond donors (Lipinski definition) is 1. The topological polar surface area (TPSA) is 61.1 Å². The molecule has 5 rings (SSSR count). The van der Waals surface area contributed by atoms with Crippen molar-refractivity contribution in [1.29, 1.82) is 0 Å². The van der Waals surface area contributed by atoms with Crippen molar-refractivity contribution in [2.24, 2.45) is 0 Å². The van der Waals surface area contributed by atoms with Crippen LogP contribution in [0.4, 0.5) is 0 Å². The quantitative estimate of drug-likeness (QED) is 0.665. The number of aliphatic hydroxyl groups excluding tert-OH is 1. The summed E-state index contributed by atoms with van der Waals surface area (Å²) in [7, 11) is 0. The molecule has 32 heavy (non-hydrogen) atoms. The Labute approximate surface area is 189 Å². The number of rotatable bonds is 5. The Morgan fingerprint density at radius 1 is 1.00 bits per heavy atom. The fourth-order valence-electron chi connectivity index (χ4n) is 5.20. The van der Waals surface area contributed by atoms with Crippen molar-refractivity contribution < 1.29 is 9.90 Å². The molecule has 2 fully saturated rings. The molecule has 2 aliphatic rings. The van der Waals surface area contributed by atoms with Crippen LogP contribution in [-0.4, -0.2) is 62.9 Å². The van der Waals surface area contributed by atoms with Crippen molar-refractivity contribution in [3.63, 3.8) is 0 Å². The minimum atomic E-state index is -0.503. The smallest absolute Gasteiger partial charge is 0.257 e. The fraction of sp³-hybridized carbons (Fsp3) is 0.462. The molecule has 1 saturated carbocycles. The Kier molecular flexibility index (Phi) is 6.23. The third-order valence-electron chi connectivity index (χ3n) is 7.14. The zero-order valence-corrected chi connectivity index (χ0v) is 18.6. The number of carbonyl (C=O) groups is 1. The molecule has 1 saturated heterocycles. The Bertz CT molecular complexity index is 1050. The van der Waals surface area contributed by atoms with Gasteiger partial charge in [0.1, 0.15) is 5.65 Å². The molecular weight excluding hydrogens is 400 g/mol. The molecule has 1 aliphatic heterocycles. The maximum Gasteiger partial charge on any atom is 0.257 e. The van der Waals surface area contributed by atoms with Gasteiger partial charge in [-0.15, -0.1) is 0 Å². The molecular formula is C26H32N4O2. The lowest BCUT2D eigenvalue weighted by Crippen LogP contribution is -2.49. The molecule has 6 heteroatoms. The van der Waals surface area contributed by atoms with Crippen LogP contribution in [0.1, 0.15) is 65.6 Å². The van der Waals surface area contributed by atoms with Gasteiger partial charge in [0.15, 0.2) is 0 Å². The van der Waals surface area contributed by atoms with Crippen LogP contribution in [-0.2, 0) is 0 Å². The van der Waals surface area contributed by atoms with Gasteiger partial charge < -0.3 is 14.4 Å². The maximum atomic E-state index is 13.0. The van der Waals surface area contributed by atoms with Gasteiger partial charge in [-0.3, -0.25) is 9.69 Å². The van der Waals surface area contributed by atoms with E-state index < -0.39 is 6.10 Å². The first-order valence-electron chi connectivity index (χ1n) is 11.9. The Hall–Kier alpha value is -2.70. The number of pyridine rings is 1. The Morgan fingerprint density at radius 2 is 1.75 bits per heavy atom. The van der Waals surface area contributed by atoms with E-state index in [2.05, 4.69) is 34.1 Å². The van der Waals surface area contributed by atoms with Gasteiger partial charge in [0.05, 0.1) is 11.7 Å². The van der Waals surface area contributed by atoms with Crippen LogP contribution in [0.2, 0.25) is 0 Å². The molecule has 1 N–H and O–H groups in total. The average molecular weight is 433 g/mol. The van der Waals surface area contributed by atoms with E-state index in [0.717, 1.165) is 18.7 Å². The first-order valence-corrected chi connectivity index (χ1v) is 11.9. The first kappa shape index (κ1) is 21.2. The molecule has 6 nitrogen and oxygen atoms in total. The van der Waals surface area contributed by atoms with E-state index in [1.807, 2.05) is 33.8 Å². The molecule has 3 heterocycles. The van der Waals surface area contributed by atoms with Crippen LogP contribution < -0.4 is 0 Å². The number of fused-ring (bicyclic) bond motifs is 1. The van der Waals surface area contributed by atoms with Gasteiger partial charge in [0, 0.05) is 51.3 Å². The normalized spacial score (nSPS) is 19.3. The van der Waals surface area contributed by atoms with Crippen molar-refractivity contribution in [2.75, 3.05) is 32.7 Å². The van der Waals surface area contributed by atoms with E-state index in [-0.39, 0.29) is 5.91 Å². The third-order valence-corrected chi connectivity index (χ3v) is 7.14. The maximum absolute atomic E-state index is 13.0. The van der Waals surface area contributed by atoms with Crippen LogP contribution in [0.25, 0.3) is 5.65 Å². The van der Waals surface area contributed by atoms with Crippen molar-refractivity contribution in [2.45, 2.75) is 44.1 Å².